The lowest BCUT2D eigenvalue weighted by Crippen LogP contribution is -2.32. The first-order valence-corrected chi connectivity index (χ1v) is 12.1. The standard InChI is InChI=1S/C23H23IN2O4S/c24-18-12-26(23(28)25-22(18)27)21-11-19(30-14-17-9-5-2-6-10-17)20(31-21)15-29-13-16-7-3-1-4-8-16/h1-10,12,19-21H,11,13-15H2,(H,25,27,28)/t19-,20-,21?/m0/s1. The zero-order valence-electron chi connectivity index (χ0n) is 16.8. The highest BCUT2D eigenvalue weighted by molar-refractivity contribution is 14.1. The van der Waals surface area contributed by atoms with Gasteiger partial charge in [0.25, 0.3) is 5.56 Å². The predicted molar refractivity (Wildman–Crippen MR) is 130 cm³/mol. The van der Waals surface area contributed by atoms with Crippen LogP contribution in [-0.4, -0.2) is 27.5 Å². The van der Waals surface area contributed by atoms with E-state index in [1.807, 2.05) is 83.3 Å². The topological polar surface area (TPSA) is 73.3 Å². The summed E-state index contributed by atoms with van der Waals surface area (Å²) in [7, 11) is 0. The first-order valence-electron chi connectivity index (χ1n) is 10.0. The Morgan fingerprint density at radius 2 is 1.65 bits per heavy atom. The number of nitrogens with one attached hydrogen (secondary N) is 1. The second kappa shape index (κ2) is 10.6. The summed E-state index contributed by atoms with van der Waals surface area (Å²) in [5.74, 6) is 0. The van der Waals surface area contributed by atoms with Gasteiger partial charge in [0.15, 0.2) is 0 Å². The molecular formula is C23H23IN2O4S. The minimum atomic E-state index is -0.393. The van der Waals surface area contributed by atoms with E-state index in [0.29, 0.717) is 29.8 Å². The average molecular weight is 550 g/mol. The van der Waals surface area contributed by atoms with Gasteiger partial charge in [-0.2, -0.15) is 0 Å². The number of H-pyrrole nitrogens is 1. The molecule has 3 aromatic rings. The SMILES string of the molecule is O=c1[nH]c(=O)n(C2C[C@H](OCc3ccccc3)[C@H](COCc3ccccc3)S2)cc1I. The summed E-state index contributed by atoms with van der Waals surface area (Å²) in [4.78, 5) is 26.5. The van der Waals surface area contributed by atoms with Crippen LogP contribution in [0.1, 0.15) is 22.9 Å². The molecule has 0 saturated carbocycles. The van der Waals surface area contributed by atoms with Crippen LogP contribution in [0.25, 0.3) is 0 Å². The zero-order chi connectivity index (χ0) is 21.6. The Morgan fingerprint density at radius 3 is 2.32 bits per heavy atom. The Morgan fingerprint density at radius 1 is 1.00 bits per heavy atom. The lowest BCUT2D eigenvalue weighted by atomic mass is 10.1. The predicted octanol–water partition coefficient (Wildman–Crippen LogP) is 3.95. The molecule has 3 atom stereocenters. The quantitative estimate of drug-likeness (QED) is 0.431. The summed E-state index contributed by atoms with van der Waals surface area (Å²) in [5.41, 5.74) is 1.48. The minimum Gasteiger partial charge on any atom is -0.376 e. The van der Waals surface area contributed by atoms with E-state index in [-0.39, 0.29) is 22.3 Å². The number of ether oxygens (including phenoxy) is 2. The van der Waals surface area contributed by atoms with E-state index in [1.165, 1.54) is 0 Å². The number of benzene rings is 2. The van der Waals surface area contributed by atoms with Gasteiger partial charge >= 0.3 is 5.69 Å². The smallest absolute Gasteiger partial charge is 0.329 e. The van der Waals surface area contributed by atoms with Crippen molar-refractivity contribution in [2.24, 2.45) is 0 Å². The van der Waals surface area contributed by atoms with Gasteiger partial charge in [0, 0.05) is 12.6 Å². The van der Waals surface area contributed by atoms with E-state index < -0.39 is 5.69 Å². The van der Waals surface area contributed by atoms with Gasteiger partial charge in [0.05, 0.1) is 40.1 Å². The molecule has 2 heterocycles. The van der Waals surface area contributed by atoms with Crippen molar-refractivity contribution in [1.82, 2.24) is 9.55 Å². The zero-order valence-corrected chi connectivity index (χ0v) is 19.8. The number of hydrogen-bond acceptors (Lipinski definition) is 5. The second-order valence-electron chi connectivity index (χ2n) is 7.34. The molecule has 0 aliphatic carbocycles. The van der Waals surface area contributed by atoms with Gasteiger partial charge in [-0.1, -0.05) is 60.7 Å². The molecule has 1 aliphatic rings. The van der Waals surface area contributed by atoms with Gasteiger partial charge in [0.1, 0.15) is 0 Å². The van der Waals surface area contributed by atoms with E-state index in [1.54, 1.807) is 22.5 Å². The molecule has 1 saturated heterocycles. The maximum atomic E-state index is 12.4. The van der Waals surface area contributed by atoms with Crippen LogP contribution in [0.3, 0.4) is 0 Å². The fourth-order valence-corrected chi connectivity index (χ4v) is 5.48. The van der Waals surface area contributed by atoms with Crippen LogP contribution in [0.5, 0.6) is 0 Å². The van der Waals surface area contributed by atoms with Gasteiger partial charge in [-0.15, -0.1) is 11.8 Å². The molecule has 1 fully saturated rings. The monoisotopic (exact) mass is 550 g/mol. The van der Waals surface area contributed by atoms with Crippen molar-refractivity contribution in [3.63, 3.8) is 0 Å². The van der Waals surface area contributed by atoms with Crippen LogP contribution in [0, 0.1) is 3.57 Å². The molecule has 1 aliphatic heterocycles. The van der Waals surface area contributed by atoms with E-state index >= 15 is 0 Å². The summed E-state index contributed by atoms with van der Waals surface area (Å²) in [6, 6.07) is 20.1. The first-order chi connectivity index (χ1) is 15.1. The lowest BCUT2D eigenvalue weighted by molar-refractivity contribution is 0.0134. The van der Waals surface area contributed by atoms with Crippen molar-refractivity contribution in [3.05, 3.63) is 102 Å². The number of aromatic amines is 1. The van der Waals surface area contributed by atoms with Crippen molar-refractivity contribution in [2.75, 3.05) is 6.61 Å². The Labute approximate surface area is 198 Å². The van der Waals surface area contributed by atoms with Crippen molar-refractivity contribution < 1.29 is 9.47 Å². The summed E-state index contributed by atoms with van der Waals surface area (Å²) >= 11 is 3.61. The molecule has 162 valence electrons. The second-order valence-corrected chi connectivity index (χ2v) is 9.93. The van der Waals surface area contributed by atoms with E-state index in [9.17, 15) is 9.59 Å². The Kier molecular flexibility index (Phi) is 7.65. The largest absolute Gasteiger partial charge is 0.376 e. The van der Waals surface area contributed by atoms with Crippen molar-refractivity contribution >= 4 is 34.4 Å². The maximum Gasteiger partial charge on any atom is 0.329 e. The van der Waals surface area contributed by atoms with Crippen LogP contribution in [0.2, 0.25) is 0 Å². The Balaban J connectivity index is 1.46. The summed E-state index contributed by atoms with van der Waals surface area (Å²) in [6.45, 7) is 1.56. The normalized spacial score (nSPS) is 20.7. The van der Waals surface area contributed by atoms with Crippen LogP contribution < -0.4 is 11.2 Å². The molecule has 8 heteroatoms. The number of rotatable bonds is 8. The van der Waals surface area contributed by atoms with Crippen molar-refractivity contribution in [1.29, 1.82) is 0 Å². The summed E-state index contributed by atoms with van der Waals surface area (Å²) < 4.78 is 14.3. The molecular weight excluding hydrogens is 527 g/mol. The van der Waals surface area contributed by atoms with E-state index in [0.717, 1.165) is 11.1 Å². The molecule has 2 aromatic carbocycles. The lowest BCUT2D eigenvalue weighted by Gasteiger charge is -2.19. The Bertz CT molecular complexity index is 1100. The number of nitrogens with zero attached hydrogens (tertiary/aromatic N) is 1. The van der Waals surface area contributed by atoms with Crippen LogP contribution in [0.4, 0.5) is 0 Å². The molecule has 0 bridgehead atoms. The Hall–Kier alpha value is -1.88. The average Bonchev–Trinajstić information content (AvgIpc) is 3.19. The highest BCUT2D eigenvalue weighted by Crippen LogP contribution is 2.42. The number of halogens is 1. The minimum absolute atomic E-state index is 0.0672. The molecule has 31 heavy (non-hydrogen) atoms. The third-order valence-electron chi connectivity index (χ3n) is 5.12. The summed E-state index contributed by atoms with van der Waals surface area (Å²) in [5, 5.41) is -0.0436. The maximum absolute atomic E-state index is 12.4. The van der Waals surface area contributed by atoms with Gasteiger partial charge in [-0.25, -0.2) is 4.79 Å². The van der Waals surface area contributed by atoms with Crippen molar-refractivity contribution in [3.8, 4) is 0 Å². The van der Waals surface area contributed by atoms with Crippen molar-refractivity contribution in [2.45, 2.75) is 36.4 Å². The highest BCUT2D eigenvalue weighted by atomic mass is 127. The fraction of sp³-hybridized carbons (Fsp3) is 0.304. The summed E-state index contributed by atoms with van der Waals surface area (Å²) in [6.07, 6.45) is 2.22. The molecule has 1 N–H and O–H groups in total. The third kappa shape index (κ3) is 5.88. The molecule has 1 aromatic heterocycles. The number of thioether (sulfide) groups is 1. The molecule has 0 spiro atoms. The van der Waals surface area contributed by atoms with E-state index in [2.05, 4.69) is 4.98 Å². The number of aromatic nitrogens is 2. The molecule has 0 amide bonds. The van der Waals surface area contributed by atoms with Gasteiger partial charge in [-0.3, -0.25) is 14.3 Å². The van der Waals surface area contributed by atoms with Gasteiger partial charge in [0.2, 0.25) is 0 Å². The van der Waals surface area contributed by atoms with Gasteiger partial charge in [-0.05, 0) is 33.7 Å². The fourth-order valence-electron chi connectivity index (χ4n) is 3.52. The highest BCUT2D eigenvalue weighted by Gasteiger charge is 2.37. The van der Waals surface area contributed by atoms with Gasteiger partial charge < -0.3 is 9.47 Å². The number of hydrogen-bond donors (Lipinski definition) is 1. The van der Waals surface area contributed by atoms with Crippen LogP contribution >= 0.6 is 34.4 Å². The molecule has 0 radical (unpaired) electrons. The molecule has 6 nitrogen and oxygen atoms in total. The van der Waals surface area contributed by atoms with Crippen LogP contribution in [0.15, 0.2) is 76.4 Å². The first kappa shape index (κ1) is 22.3. The van der Waals surface area contributed by atoms with Crippen LogP contribution in [-0.2, 0) is 22.7 Å². The molecule has 1 unspecified atom stereocenters. The third-order valence-corrected chi connectivity index (χ3v) is 7.41. The molecule has 4 rings (SSSR count). The van der Waals surface area contributed by atoms with E-state index in [4.69, 9.17) is 9.47 Å².